The predicted molar refractivity (Wildman–Crippen MR) is 169 cm³/mol. The van der Waals surface area contributed by atoms with Crippen LogP contribution in [0.2, 0.25) is 0 Å². The number of rotatable bonds is 11. The lowest BCUT2D eigenvalue weighted by Gasteiger charge is -2.20. The Morgan fingerprint density at radius 1 is 0.707 bits per heavy atom. The molecule has 0 fully saturated rings. The molecule has 1 aliphatic carbocycles. The van der Waals surface area contributed by atoms with Crippen LogP contribution in [0.1, 0.15) is 30.9 Å². The fourth-order valence-electron chi connectivity index (χ4n) is 4.59. The zero-order valence-corrected chi connectivity index (χ0v) is 23.9. The van der Waals surface area contributed by atoms with Gasteiger partial charge in [0.05, 0.1) is 43.0 Å². The third kappa shape index (κ3) is 7.75. The number of hydrogen-bond donors (Lipinski definition) is 0. The maximum atomic E-state index is 8.95. The van der Waals surface area contributed by atoms with Gasteiger partial charge in [0.15, 0.2) is 0 Å². The van der Waals surface area contributed by atoms with Gasteiger partial charge in [0.2, 0.25) is 0 Å². The van der Waals surface area contributed by atoms with Crippen molar-refractivity contribution in [2.45, 2.75) is 19.8 Å². The highest BCUT2D eigenvalue weighted by molar-refractivity contribution is 6.08. The fraction of sp³-hybridized carbons (Fsp3) is 0.229. The fourth-order valence-corrected chi connectivity index (χ4v) is 4.59. The van der Waals surface area contributed by atoms with Gasteiger partial charge in [0.1, 0.15) is 5.75 Å². The monoisotopic (exact) mass is 541 g/mol. The molecule has 3 aromatic rings. The first-order valence-corrected chi connectivity index (χ1v) is 13.8. The van der Waals surface area contributed by atoms with Gasteiger partial charge in [-0.05, 0) is 89.9 Å². The Morgan fingerprint density at radius 3 is 1.63 bits per heavy atom. The Labute approximate surface area is 243 Å². The number of nitriles is 2. The van der Waals surface area contributed by atoms with Crippen LogP contribution in [0.4, 0.5) is 17.1 Å². The number of anilines is 2. The van der Waals surface area contributed by atoms with E-state index in [9.17, 15) is 0 Å². The molecule has 0 atom stereocenters. The first-order valence-electron chi connectivity index (χ1n) is 13.8. The SMILES string of the molecule is CCOc1ccc(N=C2C=CC(=C(c3ccc(N(C)CCC#N)cc3)c3ccc(N(C)CCC#N)cc3)C=C2)cc1. The van der Waals surface area contributed by atoms with E-state index in [1.807, 2.05) is 57.4 Å². The largest absolute Gasteiger partial charge is 0.494 e. The summed E-state index contributed by atoms with van der Waals surface area (Å²) < 4.78 is 5.54. The molecule has 0 amide bonds. The first-order chi connectivity index (χ1) is 20.0. The van der Waals surface area contributed by atoms with Crippen molar-refractivity contribution in [3.8, 4) is 17.9 Å². The minimum atomic E-state index is 0.485. The van der Waals surface area contributed by atoms with Gasteiger partial charge in [-0.1, -0.05) is 36.4 Å². The van der Waals surface area contributed by atoms with Crippen molar-refractivity contribution in [1.82, 2.24) is 0 Å². The van der Waals surface area contributed by atoms with Crippen LogP contribution in [0.15, 0.2) is 108 Å². The van der Waals surface area contributed by atoms with E-state index in [-0.39, 0.29) is 0 Å². The van der Waals surface area contributed by atoms with Crippen LogP contribution in [0.3, 0.4) is 0 Å². The van der Waals surface area contributed by atoms with E-state index in [0.717, 1.165) is 50.8 Å². The van der Waals surface area contributed by atoms with Gasteiger partial charge >= 0.3 is 0 Å². The zero-order chi connectivity index (χ0) is 29.0. The summed E-state index contributed by atoms with van der Waals surface area (Å²) in [6, 6.07) is 29.2. The van der Waals surface area contributed by atoms with E-state index in [1.165, 1.54) is 0 Å². The molecule has 0 N–H and O–H groups in total. The van der Waals surface area contributed by atoms with Gasteiger partial charge in [0, 0.05) is 38.6 Å². The van der Waals surface area contributed by atoms with Gasteiger partial charge in [0.25, 0.3) is 0 Å². The molecule has 0 aromatic heterocycles. The second-order valence-corrected chi connectivity index (χ2v) is 9.71. The second kappa shape index (κ2) is 14.4. The number of allylic oxidation sites excluding steroid dienone is 5. The Hall–Kier alpha value is -5.07. The van der Waals surface area contributed by atoms with Gasteiger partial charge in [-0.15, -0.1) is 0 Å². The minimum Gasteiger partial charge on any atom is -0.494 e. The lowest BCUT2D eigenvalue weighted by atomic mass is 9.90. The summed E-state index contributed by atoms with van der Waals surface area (Å²) in [7, 11) is 4.01. The first kappa shape index (κ1) is 28.9. The van der Waals surface area contributed by atoms with Crippen LogP contribution in [0, 0.1) is 22.7 Å². The van der Waals surface area contributed by atoms with Crippen LogP contribution in [-0.2, 0) is 0 Å². The molecule has 0 spiro atoms. The predicted octanol–water partition coefficient (Wildman–Crippen LogP) is 7.49. The molecule has 1 aliphatic rings. The Kier molecular flexibility index (Phi) is 10.1. The summed E-state index contributed by atoms with van der Waals surface area (Å²) in [4.78, 5) is 8.96. The van der Waals surface area contributed by atoms with Crippen LogP contribution < -0.4 is 14.5 Å². The zero-order valence-electron chi connectivity index (χ0n) is 23.9. The van der Waals surface area contributed by atoms with Crippen molar-refractivity contribution in [2.24, 2.45) is 4.99 Å². The van der Waals surface area contributed by atoms with Gasteiger partial charge in [-0.2, -0.15) is 10.5 Å². The molecule has 0 aliphatic heterocycles. The highest BCUT2D eigenvalue weighted by Gasteiger charge is 2.13. The number of hydrogen-bond acceptors (Lipinski definition) is 6. The van der Waals surface area contributed by atoms with E-state index in [1.54, 1.807) is 0 Å². The Bertz CT molecular complexity index is 1430. The molecule has 206 valence electrons. The Balaban J connectivity index is 1.66. The number of nitrogens with zero attached hydrogens (tertiary/aromatic N) is 5. The summed E-state index contributed by atoms with van der Waals surface area (Å²) >= 11 is 0. The van der Waals surface area contributed by atoms with E-state index < -0.39 is 0 Å². The maximum absolute atomic E-state index is 8.95. The van der Waals surface area contributed by atoms with Gasteiger partial charge < -0.3 is 14.5 Å². The van der Waals surface area contributed by atoms with Crippen molar-refractivity contribution in [2.75, 3.05) is 43.6 Å². The van der Waals surface area contributed by atoms with Crippen LogP contribution in [0.5, 0.6) is 5.75 Å². The summed E-state index contributed by atoms with van der Waals surface area (Å²) in [5, 5.41) is 17.9. The molecule has 4 rings (SSSR count). The van der Waals surface area contributed by atoms with E-state index >= 15 is 0 Å². The number of aliphatic imine (C=N–C) groups is 1. The lowest BCUT2D eigenvalue weighted by Crippen LogP contribution is -2.18. The van der Waals surface area contributed by atoms with Gasteiger partial charge in [-0.3, -0.25) is 0 Å². The molecule has 6 heteroatoms. The molecule has 0 radical (unpaired) electrons. The molecular weight excluding hydrogens is 506 g/mol. The average molecular weight is 542 g/mol. The minimum absolute atomic E-state index is 0.485. The summed E-state index contributed by atoms with van der Waals surface area (Å²) in [6.07, 6.45) is 9.28. The molecular formula is C35H35N5O. The smallest absolute Gasteiger partial charge is 0.119 e. The standard InChI is InChI=1S/C35H35N5O/c1-4-41-34-21-15-31(16-22-34)38-30-13-7-27(8-14-30)35(28-9-17-32(18-10-28)39(2)25-5-23-36)29-11-19-33(20-12-29)40(3)26-6-24-37/h7-22H,4-6,25-26H2,1-3H3. The van der Waals surface area contributed by atoms with Crippen molar-refractivity contribution < 1.29 is 4.74 Å². The third-order valence-electron chi connectivity index (χ3n) is 6.87. The van der Waals surface area contributed by atoms with Crippen LogP contribution >= 0.6 is 0 Å². The number of ether oxygens (including phenoxy) is 1. The van der Waals surface area contributed by atoms with E-state index in [2.05, 4.69) is 82.6 Å². The molecule has 0 bridgehead atoms. The summed E-state index contributed by atoms with van der Waals surface area (Å²) in [6.45, 7) is 3.98. The van der Waals surface area contributed by atoms with Crippen molar-refractivity contribution in [3.05, 3.63) is 114 Å². The van der Waals surface area contributed by atoms with Crippen LogP contribution in [-0.4, -0.2) is 39.5 Å². The average Bonchev–Trinajstić information content (AvgIpc) is 3.01. The molecule has 0 heterocycles. The second-order valence-electron chi connectivity index (χ2n) is 9.71. The molecule has 0 saturated heterocycles. The third-order valence-corrected chi connectivity index (χ3v) is 6.87. The molecule has 0 saturated carbocycles. The lowest BCUT2D eigenvalue weighted by molar-refractivity contribution is 0.340. The molecule has 3 aromatic carbocycles. The molecule has 6 nitrogen and oxygen atoms in total. The number of benzene rings is 3. The van der Waals surface area contributed by atoms with E-state index in [4.69, 9.17) is 20.3 Å². The maximum Gasteiger partial charge on any atom is 0.119 e. The van der Waals surface area contributed by atoms with Crippen LogP contribution in [0.25, 0.3) is 5.57 Å². The topological polar surface area (TPSA) is 75.7 Å². The van der Waals surface area contributed by atoms with E-state index in [0.29, 0.717) is 32.5 Å². The molecule has 41 heavy (non-hydrogen) atoms. The Morgan fingerprint density at radius 2 is 1.20 bits per heavy atom. The van der Waals surface area contributed by atoms with Crippen molar-refractivity contribution in [3.63, 3.8) is 0 Å². The summed E-state index contributed by atoms with van der Waals surface area (Å²) in [5.74, 6) is 0.839. The normalized spacial score (nSPS) is 11.9. The quantitative estimate of drug-likeness (QED) is 0.251. The summed E-state index contributed by atoms with van der Waals surface area (Å²) in [5.41, 5.74) is 8.30. The van der Waals surface area contributed by atoms with Gasteiger partial charge in [-0.25, -0.2) is 4.99 Å². The highest BCUT2D eigenvalue weighted by Crippen LogP contribution is 2.32. The highest BCUT2D eigenvalue weighted by atomic mass is 16.5. The van der Waals surface area contributed by atoms with Crippen molar-refractivity contribution in [1.29, 1.82) is 10.5 Å². The van der Waals surface area contributed by atoms with Crippen molar-refractivity contribution >= 4 is 28.3 Å². The molecule has 0 unspecified atom stereocenters.